The molecule has 1 fully saturated rings. The molecule has 1 heterocycles. The molecule has 0 aromatic heterocycles. The van der Waals surface area contributed by atoms with Crippen molar-refractivity contribution in [3.8, 4) is 0 Å². The predicted molar refractivity (Wildman–Crippen MR) is 90.3 cm³/mol. The molecule has 0 saturated carbocycles. The summed E-state index contributed by atoms with van der Waals surface area (Å²) in [4.78, 5) is 28.7. The van der Waals surface area contributed by atoms with E-state index in [-0.39, 0.29) is 17.4 Å². The van der Waals surface area contributed by atoms with E-state index in [0.717, 1.165) is 5.69 Å². The van der Waals surface area contributed by atoms with Crippen molar-refractivity contribution in [1.29, 1.82) is 0 Å². The highest BCUT2D eigenvalue weighted by Gasteiger charge is 2.38. The SMILES string of the molecule is CCN(C(=O)c1cccc(F)c1)C1CCN(c2ccccc2)C1=O. The average Bonchev–Trinajstić information content (AvgIpc) is 2.98. The van der Waals surface area contributed by atoms with Crippen LogP contribution in [0.5, 0.6) is 0 Å². The number of hydrogen-bond donors (Lipinski definition) is 0. The molecule has 1 unspecified atom stereocenters. The predicted octanol–water partition coefficient (Wildman–Crippen LogP) is 3.09. The molecule has 1 aliphatic rings. The second-order valence-electron chi connectivity index (χ2n) is 5.73. The molecule has 0 aliphatic carbocycles. The topological polar surface area (TPSA) is 40.6 Å². The van der Waals surface area contributed by atoms with Crippen molar-refractivity contribution in [3.63, 3.8) is 0 Å². The van der Waals surface area contributed by atoms with Crippen LogP contribution in [0.15, 0.2) is 54.6 Å². The van der Waals surface area contributed by atoms with Crippen LogP contribution in [0, 0.1) is 5.82 Å². The number of hydrogen-bond acceptors (Lipinski definition) is 2. The van der Waals surface area contributed by atoms with Gasteiger partial charge in [-0.1, -0.05) is 24.3 Å². The first-order chi connectivity index (χ1) is 11.6. The van der Waals surface area contributed by atoms with Crippen molar-refractivity contribution in [3.05, 3.63) is 66.0 Å². The monoisotopic (exact) mass is 326 g/mol. The average molecular weight is 326 g/mol. The van der Waals surface area contributed by atoms with Gasteiger partial charge in [-0.3, -0.25) is 9.59 Å². The van der Waals surface area contributed by atoms with Gasteiger partial charge >= 0.3 is 0 Å². The number of anilines is 1. The molecule has 2 amide bonds. The summed E-state index contributed by atoms with van der Waals surface area (Å²) in [5.74, 6) is -0.862. The standard InChI is InChI=1S/C19H19FN2O2/c1-2-21(18(23)14-7-6-8-15(20)13-14)17-11-12-22(19(17)24)16-9-4-3-5-10-16/h3-10,13,17H,2,11-12H2,1H3. The fourth-order valence-electron chi connectivity index (χ4n) is 3.11. The molecule has 3 rings (SSSR count). The van der Waals surface area contributed by atoms with Gasteiger partial charge < -0.3 is 9.80 Å². The second-order valence-corrected chi connectivity index (χ2v) is 5.73. The number of carbonyl (C=O) groups excluding carboxylic acids is 2. The lowest BCUT2D eigenvalue weighted by Crippen LogP contribution is -2.45. The number of likely N-dealkylation sites (N-methyl/N-ethyl adjacent to an activating group) is 1. The van der Waals surface area contributed by atoms with E-state index in [9.17, 15) is 14.0 Å². The van der Waals surface area contributed by atoms with Gasteiger partial charge in [0.25, 0.3) is 5.91 Å². The Morgan fingerprint density at radius 2 is 1.96 bits per heavy atom. The molecule has 0 spiro atoms. The Bertz CT molecular complexity index is 748. The first-order valence-corrected chi connectivity index (χ1v) is 8.04. The summed E-state index contributed by atoms with van der Waals surface area (Å²) in [6.07, 6.45) is 0.572. The summed E-state index contributed by atoms with van der Waals surface area (Å²) in [5, 5.41) is 0. The lowest BCUT2D eigenvalue weighted by molar-refractivity contribution is -0.120. The first-order valence-electron chi connectivity index (χ1n) is 8.04. The largest absolute Gasteiger partial charge is 0.327 e. The van der Waals surface area contributed by atoms with E-state index in [1.807, 2.05) is 37.3 Å². The number of carbonyl (C=O) groups is 2. The Kier molecular flexibility index (Phi) is 4.60. The molecule has 4 nitrogen and oxygen atoms in total. The third-order valence-electron chi connectivity index (χ3n) is 4.29. The van der Waals surface area contributed by atoms with Crippen LogP contribution in [0.2, 0.25) is 0 Å². The zero-order valence-electron chi connectivity index (χ0n) is 13.5. The summed E-state index contributed by atoms with van der Waals surface area (Å²) >= 11 is 0. The quantitative estimate of drug-likeness (QED) is 0.866. The lowest BCUT2D eigenvalue weighted by Gasteiger charge is -2.27. The van der Waals surface area contributed by atoms with Crippen molar-refractivity contribution in [2.45, 2.75) is 19.4 Å². The van der Waals surface area contributed by atoms with Gasteiger partial charge in [-0.25, -0.2) is 4.39 Å². The summed E-state index contributed by atoms with van der Waals surface area (Å²) in [5.41, 5.74) is 1.10. The highest BCUT2D eigenvalue weighted by molar-refractivity contribution is 6.03. The van der Waals surface area contributed by atoms with Gasteiger partial charge in [0.15, 0.2) is 0 Å². The lowest BCUT2D eigenvalue weighted by atomic mass is 10.1. The number of amides is 2. The third-order valence-corrected chi connectivity index (χ3v) is 4.29. The Morgan fingerprint density at radius 1 is 1.21 bits per heavy atom. The minimum Gasteiger partial charge on any atom is -0.327 e. The van der Waals surface area contributed by atoms with E-state index < -0.39 is 11.9 Å². The Labute approximate surface area is 140 Å². The molecule has 1 saturated heterocycles. The van der Waals surface area contributed by atoms with Gasteiger partial charge in [-0.2, -0.15) is 0 Å². The van der Waals surface area contributed by atoms with Gasteiger partial charge in [0.2, 0.25) is 5.91 Å². The van der Waals surface area contributed by atoms with E-state index in [0.29, 0.717) is 19.5 Å². The number of nitrogens with zero attached hydrogens (tertiary/aromatic N) is 2. The molecular formula is C19H19FN2O2. The van der Waals surface area contributed by atoms with Crippen molar-refractivity contribution < 1.29 is 14.0 Å². The molecule has 5 heteroatoms. The molecule has 0 radical (unpaired) electrons. The summed E-state index contributed by atoms with van der Waals surface area (Å²) in [6, 6.07) is 14.5. The van der Waals surface area contributed by atoms with Crippen molar-refractivity contribution >= 4 is 17.5 Å². The minimum atomic E-state index is -0.508. The van der Waals surface area contributed by atoms with Gasteiger partial charge in [0.05, 0.1) is 0 Å². The van der Waals surface area contributed by atoms with E-state index in [4.69, 9.17) is 0 Å². The molecule has 0 N–H and O–H groups in total. The highest BCUT2D eigenvalue weighted by Crippen LogP contribution is 2.25. The molecular weight excluding hydrogens is 307 g/mol. The molecule has 1 atom stereocenters. The van der Waals surface area contributed by atoms with E-state index >= 15 is 0 Å². The maximum Gasteiger partial charge on any atom is 0.254 e. The van der Waals surface area contributed by atoms with Crippen molar-refractivity contribution in [2.24, 2.45) is 0 Å². The van der Waals surface area contributed by atoms with E-state index in [1.54, 1.807) is 11.0 Å². The van der Waals surface area contributed by atoms with Crippen LogP contribution in [0.3, 0.4) is 0 Å². The van der Waals surface area contributed by atoms with E-state index in [2.05, 4.69) is 0 Å². The van der Waals surface area contributed by atoms with Crippen LogP contribution in [0.4, 0.5) is 10.1 Å². The van der Waals surface area contributed by atoms with Crippen LogP contribution in [-0.2, 0) is 4.79 Å². The van der Waals surface area contributed by atoms with Crippen LogP contribution < -0.4 is 4.90 Å². The van der Waals surface area contributed by atoms with Gasteiger partial charge in [-0.05, 0) is 43.7 Å². The fraction of sp³-hybridized carbons (Fsp3) is 0.263. The van der Waals surface area contributed by atoms with Crippen molar-refractivity contribution in [1.82, 2.24) is 4.90 Å². The fourth-order valence-corrected chi connectivity index (χ4v) is 3.11. The zero-order chi connectivity index (χ0) is 17.1. The van der Waals surface area contributed by atoms with Crippen LogP contribution in [0.25, 0.3) is 0 Å². The zero-order valence-corrected chi connectivity index (χ0v) is 13.5. The smallest absolute Gasteiger partial charge is 0.254 e. The van der Waals surface area contributed by atoms with Gasteiger partial charge in [-0.15, -0.1) is 0 Å². The summed E-state index contributed by atoms with van der Waals surface area (Å²) in [7, 11) is 0. The molecule has 2 aromatic carbocycles. The summed E-state index contributed by atoms with van der Waals surface area (Å²) in [6.45, 7) is 2.80. The molecule has 124 valence electrons. The minimum absolute atomic E-state index is 0.0900. The Balaban J connectivity index is 1.82. The second kappa shape index (κ2) is 6.83. The third kappa shape index (κ3) is 3.02. The number of halogens is 1. The molecule has 1 aliphatic heterocycles. The van der Waals surface area contributed by atoms with Crippen molar-refractivity contribution in [2.75, 3.05) is 18.0 Å². The number of para-hydroxylation sites is 1. The summed E-state index contributed by atoms with van der Waals surface area (Å²) < 4.78 is 13.4. The molecule has 0 bridgehead atoms. The van der Waals surface area contributed by atoms with Crippen LogP contribution >= 0.6 is 0 Å². The highest BCUT2D eigenvalue weighted by atomic mass is 19.1. The molecule has 2 aromatic rings. The van der Waals surface area contributed by atoms with E-state index in [1.165, 1.54) is 23.1 Å². The number of benzene rings is 2. The van der Waals surface area contributed by atoms with Gasteiger partial charge in [0, 0.05) is 24.3 Å². The Hall–Kier alpha value is -2.69. The van der Waals surface area contributed by atoms with Gasteiger partial charge in [0.1, 0.15) is 11.9 Å². The Morgan fingerprint density at radius 3 is 2.62 bits per heavy atom. The van der Waals surface area contributed by atoms with Crippen LogP contribution in [-0.4, -0.2) is 35.8 Å². The molecule has 24 heavy (non-hydrogen) atoms. The first kappa shape index (κ1) is 16.2. The number of rotatable bonds is 4. The maximum atomic E-state index is 13.4. The van der Waals surface area contributed by atoms with Crippen LogP contribution in [0.1, 0.15) is 23.7 Å². The maximum absolute atomic E-state index is 13.4. The normalized spacial score (nSPS) is 17.2.